The standard InChI is InChI=1S/C27H21N3O2S/c1-18-10-12-20(13-11-18)32-15-14-29-17-19(21-6-2-4-8-23(21)29)16-25-26(31)30-24-9-5-3-7-22(24)28-27(30)33-25/h2-13,16-17H,14-15H2,1H3. The molecule has 33 heavy (non-hydrogen) atoms. The summed E-state index contributed by atoms with van der Waals surface area (Å²) < 4.78 is 10.5. The highest BCUT2D eigenvalue weighted by Crippen LogP contribution is 2.23. The summed E-state index contributed by atoms with van der Waals surface area (Å²) in [5.74, 6) is 0.869. The zero-order chi connectivity index (χ0) is 22.4. The second kappa shape index (κ2) is 7.90. The molecular formula is C27H21N3O2S. The first kappa shape index (κ1) is 19.8. The first-order valence-electron chi connectivity index (χ1n) is 10.9. The predicted molar refractivity (Wildman–Crippen MR) is 134 cm³/mol. The molecule has 0 amide bonds. The van der Waals surface area contributed by atoms with Crippen molar-refractivity contribution in [3.05, 3.63) is 105 Å². The molecular weight excluding hydrogens is 430 g/mol. The quantitative estimate of drug-likeness (QED) is 0.378. The fourth-order valence-electron chi connectivity index (χ4n) is 4.22. The summed E-state index contributed by atoms with van der Waals surface area (Å²) in [5, 5.41) is 1.11. The maximum absolute atomic E-state index is 13.2. The van der Waals surface area contributed by atoms with Gasteiger partial charge in [-0.1, -0.05) is 59.4 Å². The Hall–Kier alpha value is -3.90. The first-order chi connectivity index (χ1) is 16.2. The van der Waals surface area contributed by atoms with Gasteiger partial charge in [0.05, 0.1) is 22.1 Å². The highest BCUT2D eigenvalue weighted by atomic mass is 32.1. The number of imidazole rings is 1. The highest BCUT2D eigenvalue weighted by molar-refractivity contribution is 7.15. The molecule has 0 fully saturated rings. The van der Waals surface area contributed by atoms with Crippen LogP contribution in [0.25, 0.3) is 33.0 Å². The summed E-state index contributed by atoms with van der Waals surface area (Å²) in [4.78, 5) is 18.5. The lowest BCUT2D eigenvalue weighted by Crippen LogP contribution is -2.22. The zero-order valence-corrected chi connectivity index (χ0v) is 18.9. The summed E-state index contributed by atoms with van der Waals surface area (Å²) in [7, 11) is 0. The third kappa shape index (κ3) is 3.49. The number of hydrogen-bond acceptors (Lipinski definition) is 4. The lowest BCUT2D eigenvalue weighted by molar-refractivity contribution is 0.300. The minimum absolute atomic E-state index is 0.0248. The van der Waals surface area contributed by atoms with Crippen LogP contribution in [-0.2, 0) is 6.54 Å². The van der Waals surface area contributed by atoms with Crippen molar-refractivity contribution in [2.75, 3.05) is 6.61 Å². The molecule has 0 unspecified atom stereocenters. The van der Waals surface area contributed by atoms with Crippen LogP contribution in [0.4, 0.5) is 0 Å². The van der Waals surface area contributed by atoms with Crippen molar-refractivity contribution in [3.63, 3.8) is 0 Å². The number of hydrogen-bond donors (Lipinski definition) is 0. The molecule has 0 radical (unpaired) electrons. The van der Waals surface area contributed by atoms with Crippen molar-refractivity contribution in [2.45, 2.75) is 13.5 Å². The third-order valence-corrected chi connectivity index (χ3v) is 6.84. The van der Waals surface area contributed by atoms with Crippen molar-refractivity contribution in [2.24, 2.45) is 0 Å². The van der Waals surface area contributed by atoms with Gasteiger partial charge in [-0.05, 0) is 43.3 Å². The van der Waals surface area contributed by atoms with Crippen molar-refractivity contribution in [1.29, 1.82) is 0 Å². The van der Waals surface area contributed by atoms with Crippen LogP contribution in [0.1, 0.15) is 11.1 Å². The molecule has 0 N–H and O–H groups in total. The van der Waals surface area contributed by atoms with E-state index in [2.05, 4.69) is 46.9 Å². The number of nitrogens with zero attached hydrogens (tertiary/aromatic N) is 3. The molecule has 0 bridgehead atoms. The Morgan fingerprint density at radius 1 is 0.970 bits per heavy atom. The van der Waals surface area contributed by atoms with E-state index < -0.39 is 0 Å². The average molecular weight is 452 g/mol. The molecule has 3 aromatic carbocycles. The molecule has 3 heterocycles. The highest BCUT2D eigenvalue weighted by Gasteiger charge is 2.12. The zero-order valence-electron chi connectivity index (χ0n) is 18.1. The van der Waals surface area contributed by atoms with E-state index >= 15 is 0 Å². The molecule has 6 heteroatoms. The van der Waals surface area contributed by atoms with Gasteiger partial charge in [0.1, 0.15) is 12.4 Å². The van der Waals surface area contributed by atoms with E-state index in [1.807, 2.05) is 54.6 Å². The van der Waals surface area contributed by atoms with Gasteiger partial charge in [0.15, 0.2) is 4.96 Å². The topological polar surface area (TPSA) is 48.5 Å². The van der Waals surface area contributed by atoms with Crippen LogP contribution in [0.15, 0.2) is 83.8 Å². The Morgan fingerprint density at radius 2 is 1.73 bits per heavy atom. The van der Waals surface area contributed by atoms with E-state index in [-0.39, 0.29) is 5.56 Å². The van der Waals surface area contributed by atoms with Crippen LogP contribution in [-0.4, -0.2) is 20.6 Å². The molecule has 162 valence electrons. The van der Waals surface area contributed by atoms with E-state index in [0.717, 1.165) is 38.2 Å². The van der Waals surface area contributed by atoms with Gasteiger partial charge in [-0.15, -0.1) is 0 Å². The van der Waals surface area contributed by atoms with E-state index in [0.29, 0.717) is 17.7 Å². The van der Waals surface area contributed by atoms with E-state index in [1.165, 1.54) is 16.9 Å². The Bertz CT molecular complexity index is 1730. The van der Waals surface area contributed by atoms with Crippen molar-refractivity contribution >= 4 is 44.3 Å². The molecule has 6 aromatic rings. The molecule has 0 spiro atoms. The minimum atomic E-state index is -0.0248. The van der Waals surface area contributed by atoms with Gasteiger partial charge in [0.25, 0.3) is 5.56 Å². The maximum Gasteiger partial charge on any atom is 0.274 e. The number of para-hydroxylation sites is 3. The van der Waals surface area contributed by atoms with Gasteiger partial charge in [0.2, 0.25) is 0 Å². The Morgan fingerprint density at radius 3 is 2.58 bits per heavy atom. The van der Waals surface area contributed by atoms with Crippen LogP contribution >= 0.6 is 11.3 Å². The molecule has 5 nitrogen and oxygen atoms in total. The van der Waals surface area contributed by atoms with Crippen LogP contribution in [0.5, 0.6) is 5.75 Å². The first-order valence-corrected chi connectivity index (χ1v) is 11.7. The van der Waals surface area contributed by atoms with Gasteiger partial charge in [0, 0.05) is 22.7 Å². The fraction of sp³-hybridized carbons (Fsp3) is 0.111. The number of benzene rings is 3. The normalized spacial score (nSPS) is 12.3. The molecule has 0 saturated carbocycles. The van der Waals surface area contributed by atoms with Gasteiger partial charge in [-0.25, -0.2) is 9.38 Å². The summed E-state index contributed by atoms with van der Waals surface area (Å²) in [6.45, 7) is 3.34. The Labute approximate surface area is 193 Å². The van der Waals surface area contributed by atoms with Crippen LogP contribution in [0.3, 0.4) is 0 Å². The smallest absolute Gasteiger partial charge is 0.274 e. The van der Waals surface area contributed by atoms with Crippen LogP contribution in [0.2, 0.25) is 0 Å². The van der Waals surface area contributed by atoms with Crippen molar-refractivity contribution in [1.82, 2.24) is 14.0 Å². The lowest BCUT2D eigenvalue weighted by atomic mass is 10.2. The van der Waals surface area contributed by atoms with E-state index in [4.69, 9.17) is 4.74 Å². The van der Waals surface area contributed by atoms with Gasteiger partial charge >= 0.3 is 0 Å². The molecule has 0 saturated heterocycles. The van der Waals surface area contributed by atoms with E-state index in [1.54, 1.807) is 4.40 Å². The Balaban J connectivity index is 1.37. The van der Waals surface area contributed by atoms with Crippen molar-refractivity contribution < 1.29 is 4.74 Å². The maximum atomic E-state index is 13.2. The van der Waals surface area contributed by atoms with Gasteiger partial charge < -0.3 is 9.30 Å². The number of aromatic nitrogens is 3. The molecule has 6 rings (SSSR count). The second-order valence-electron chi connectivity index (χ2n) is 8.09. The monoisotopic (exact) mass is 451 g/mol. The minimum Gasteiger partial charge on any atom is -0.492 e. The summed E-state index contributed by atoms with van der Waals surface area (Å²) >= 11 is 1.43. The number of fused-ring (bicyclic) bond motifs is 4. The average Bonchev–Trinajstić information content (AvgIpc) is 3.47. The number of thiazole rings is 1. The third-order valence-electron chi connectivity index (χ3n) is 5.87. The van der Waals surface area contributed by atoms with Crippen molar-refractivity contribution in [3.8, 4) is 5.75 Å². The second-order valence-corrected chi connectivity index (χ2v) is 9.10. The number of aryl methyl sites for hydroxylation is 1. The molecule has 0 aliphatic carbocycles. The molecule has 3 aromatic heterocycles. The fourth-order valence-corrected chi connectivity index (χ4v) is 5.20. The lowest BCUT2D eigenvalue weighted by Gasteiger charge is -2.08. The van der Waals surface area contributed by atoms with Crippen LogP contribution in [0, 0.1) is 6.92 Å². The number of ether oxygens (including phenoxy) is 1. The van der Waals surface area contributed by atoms with Gasteiger partial charge in [-0.3, -0.25) is 4.79 Å². The summed E-state index contributed by atoms with van der Waals surface area (Å²) in [5.41, 5.74) is 5.03. The number of rotatable bonds is 5. The molecule has 0 atom stereocenters. The Kier molecular flexibility index (Phi) is 4.73. The van der Waals surface area contributed by atoms with E-state index in [9.17, 15) is 4.79 Å². The summed E-state index contributed by atoms with van der Waals surface area (Å²) in [6.07, 6.45) is 4.08. The largest absolute Gasteiger partial charge is 0.492 e. The van der Waals surface area contributed by atoms with Crippen LogP contribution < -0.4 is 14.8 Å². The molecule has 0 aliphatic heterocycles. The van der Waals surface area contributed by atoms with Gasteiger partial charge in [-0.2, -0.15) is 0 Å². The summed E-state index contributed by atoms with van der Waals surface area (Å²) in [6, 6.07) is 24.1. The molecule has 0 aliphatic rings. The predicted octanol–water partition coefficient (Wildman–Crippen LogP) is 4.80. The SMILES string of the molecule is Cc1ccc(OCCn2cc(C=c3sc4nc5ccccc5n4c3=O)c3ccccc32)cc1.